The minimum absolute atomic E-state index is 0.676. The molecule has 0 aromatic heterocycles. The number of methoxy groups -OCH3 is 1. The first-order chi connectivity index (χ1) is 8.80. The van der Waals surface area contributed by atoms with Crippen LogP contribution in [-0.4, -0.2) is 19.7 Å². The monoisotopic (exact) mass is 249 g/mol. The summed E-state index contributed by atoms with van der Waals surface area (Å²) in [6.07, 6.45) is 6.20. The zero-order valence-corrected chi connectivity index (χ0v) is 12.0. The molecule has 1 unspecified atom stereocenters. The maximum atomic E-state index is 5.24. The normalized spacial score (nSPS) is 12.4. The Morgan fingerprint density at radius 2 is 2.11 bits per heavy atom. The Bertz CT molecular complexity index is 325. The van der Waals surface area contributed by atoms with Crippen LogP contribution in [0.1, 0.15) is 45.1 Å². The number of rotatable bonds is 9. The molecule has 1 aromatic carbocycles. The van der Waals surface area contributed by atoms with E-state index >= 15 is 0 Å². The smallest absolute Gasteiger partial charge is 0.119 e. The molecule has 0 fully saturated rings. The van der Waals surface area contributed by atoms with Crippen molar-refractivity contribution in [2.75, 3.05) is 13.7 Å². The molecule has 0 spiro atoms. The van der Waals surface area contributed by atoms with Crippen LogP contribution < -0.4 is 10.1 Å². The standard InChI is InChI=1S/C16H27NO/c1-4-6-9-15(5-2)17-12-11-14-8-7-10-16(13-14)18-3/h7-8,10,13,15,17H,4-6,9,11-12H2,1-3H3. The van der Waals surface area contributed by atoms with Gasteiger partial charge in [-0.25, -0.2) is 0 Å². The van der Waals surface area contributed by atoms with Crippen LogP contribution in [0, 0.1) is 0 Å². The van der Waals surface area contributed by atoms with Gasteiger partial charge in [0.2, 0.25) is 0 Å². The molecule has 102 valence electrons. The number of nitrogens with one attached hydrogen (secondary N) is 1. The third-order valence-corrected chi connectivity index (χ3v) is 3.38. The van der Waals surface area contributed by atoms with Crippen molar-refractivity contribution < 1.29 is 4.74 Å². The average molecular weight is 249 g/mol. The van der Waals surface area contributed by atoms with E-state index < -0.39 is 0 Å². The van der Waals surface area contributed by atoms with Crippen molar-refractivity contribution in [2.45, 2.75) is 52.0 Å². The van der Waals surface area contributed by atoms with Gasteiger partial charge in [0, 0.05) is 6.04 Å². The molecule has 1 N–H and O–H groups in total. The maximum Gasteiger partial charge on any atom is 0.119 e. The van der Waals surface area contributed by atoms with Crippen LogP contribution in [0.2, 0.25) is 0 Å². The van der Waals surface area contributed by atoms with Gasteiger partial charge in [-0.15, -0.1) is 0 Å². The molecule has 2 heteroatoms. The molecule has 2 nitrogen and oxygen atoms in total. The Morgan fingerprint density at radius 3 is 2.78 bits per heavy atom. The molecule has 0 aliphatic carbocycles. The molecule has 0 heterocycles. The summed E-state index contributed by atoms with van der Waals surface area (Å²) in [5.74, 6) is 0.950. The first-order valence-corrected chi connectivity index (χ1v) is 7.16. The Kier molecular flexibility index (Phi) is 7.51. The lowest BCUT2D eigenvalue weighted by molar-refractivity contribution is 0.414. The van der Waals surface area contributed by atoms with Crippen LogP contribution >= 0.6 is 0 Å². The summed E-state index contributed by atoms with van der Waals surface area (Å²) < 4.78 is 5.24. The fourth-order valence-electron chi connectivity index (χ4n) is 2.15. The van der Waals surface area contributed by atoms with E-state index in [4.69, 9.17) is 4.74 Å². The van der Waals surface area contributed by atoms with E-state index in [2.05, 4.69) is 37.4 Å². The average Bonchev–Trinajstić information content (AvgIpc) is 2.43. The largest absolute Gasteiger partial charge is 0.497 e. The van der Waals surface area contributed by atoms with Gasteiger partial charge in [-0.2, -0.15) is 0 Å². The highest BCUT2D eigenvalue weighted by Crippen LogP contribution is 2.12. The molecule has 0 saturated heterocycles. The van der Waals surface area contributed by atoms with E-state index in [1.807, 2.05) is 6.07 Å². The molecule has 0 radical (unpaired) electrons. The third kappa shape index (κ3) is 5.54. The second-order valence-electron chi connectivity index (χ2n) is 4.80. The van der Waals surface area contributed by atoms with Gasteiger partial charge < -0.3 is 10.1 Å². The Hall–Kier alpha value is -1.02. The van der Waals surface area contributed by atoms with Crippen LogP contribution in [0.3, 0.4) is 0 Å². The second-order valence-corrected chi connectivity index (χ2v) is 4.80. The second kappa shape index (κ2) is 8.98. The van der Waals surface area contributed by atoms with E-state index in [9.17, 15) is 0 Å². The Morgan fingerprint density at radius 1 is 1.28 bits per heavy atom. The topological polar surface area (TPSA) is 21.3 Å². The summed E-state index contributed by atoms with van der Waals surface area (Å²) in [6, 6.07) is 9.01. The molecule has 0 amide bonds. The number of ether oxygens (including phenoxy) is 1. The van der Waals surface area contributed by atoms with E-state index in [0.29, 0.717) is 6.04 Å². The summed E-state index contributed by atoms with van der Waals surface area (Å²) in [5, 5.41) is 3.65. The molecule has 1 rings (SSSR count). The lowest BCUT2D eigenvalue weighted by Crippen LogP contribution is -2.30. The lowest BCUT2D eigenvalue weighted by atomic mass is 10.1. The summed E-state index contributed by atoms with van der Waals surface area (Å²) in [6.45, 7) is 5.57. The molecule has 0 aliphatic rings. The van der Waals surface area contributed by atoms with Crippen LogP contribution in [0.5, 0.6) is 5.75 Å². The molecular weight excluding hydrogens is 222 g/mol. The molecule has 0 aliphatic heterocycles. The zero-order chi connectivity index (χ0) is 13.2. The van der Waals surface area contributed by atoms with Gasteiger partial charge in [0.25, 0.3) is 0 Å². The van der Waals surface area contributed by atoms with Crippen LogP contribution in [-0.2, 0) is 6.42 Å². The minimum atomic E-state index is 0.676. The van der Waals surface area contributed by atoms with E-state index in [0.717, 1.165) is 18.7 Å². The van der Waals surface area contributed by atoms with Crippen molar-refractivity contribution >= 4 is 0 Å². The summed E-state index contributed by atoms with van der Waals surface area (Å²) in [7, 11) is 1.72. The van der Waals surface area contributed by atoms with E-state index in [1.165, 1.54) is 31.2 Å². The highest BCUT2D eigenvalue weighted by Gasteiger charge is 2.04. The SMILES string of the molecule is CCCCC(CC)NCCc1cccc(OC)c1. The fourth-order valence-corrected chi connectivity index (χ4v) is 2.15. The number of hydrogen-bond acceptors (Lipinski definition) is 2. The summed E-state index contributed by atoms with van der Waals surface area (Å²) in [5.41, 5.74) is 1.34. The first kappa shape index (κ1) is 15.0. The van der Waals surface area contributed by atoms with Crippen molar-refractivity contribution in [2.24, 2.45) is 0 Å². The Labute approximate surface area is 112 Å². The number of hydrogen-bond donors (Lipinski definition) is 1. The van der Waals surface area contributed by atoms with Gasteiger partial charge in [0.15, 0.2) is 0 Å². The van der Waals surface area contributed by atoms with Gasteiger partial charge in [-0.1, -0.05) is 38.8 Å². The zero-order valence-electron chi connectivity index (χ0n) is 12.0. The third-order valence-electron chi connectivity index (χ3n) is 3.38. The highest BCUT2D eigenvalue weighted by molar-refractivity contribution is 5.28. The fraction of sp³-hybridized carbons (Fsp3) is 0.625. The molecule has 1 aromatic rings. The van der Waals surface area contributed by atoms with Crippen molar-refractivity contribution in [1.29, 1.82) is 0 Å². The Balaban J connectivity index is 2.30. The van der Waals surface area contributed by atoms with Crippen molar-refractivity contribution in [1.82, 2.24) is 5.32 Å². The summed E-state index contributed by atoms with van der Waals surface area (Å²) in [4.78, 5) is 0. The maximum absolute atomic E-state index is 5.24. The molecule has 18 heavy (non-hydrogen) atoms. The predicted molar refractivity (Wildman–Crippen MR) is 78.3 cm³/mol. The molecule has 0 bridgehead atoms. The van der Waals surface area contributed by atoms with E-state index in [1.54, 1.807) is 7.11 Å². The van der Waals surface area contributed by atoms with Gasteiger partial charge in [0.1, 0.15) is 5.75 Å². The van der Waals surface area contributed by atoms with Crippen LogP contribution in [0.15, 0.2) is 24.3 Å². The molecule has 0 saturated carbocycles. The minimum Gasteiger partial charge on any atom is -0.497 e. The highest BCUT2D eigenvalue weighted by atomic mass is 16.5. The quantitative estimate of drug-likeness (QED) is 0.719. The molecule has 1 atom stereocenters. The van der Waals surface area contributed by atoms with E-state index in [-0.39, 0.29) is 0 Å². The van der Waals surface area contributed by atoms with Gasteiger partial charge in [-0.3, -0.25) is 0 Å². The number of unbranched alkanes of at least 4 members (excludes halogenated alkanes) is 1. The van der Waals surface area contributed by atoms with Crippen molar-refractivity contribution in [3.63, 3.8) is 0 Å². The predicted octanol–water partition coefficient (Wildman–Crippen LogP) is 3.80. The van der Waals surface area contributed by atoms with Crippen molar-refractivity contribution in [3.8, 4) is 5.75 Å². The number of benzene rings is 1. The van der Waals surface area contributed by atoms with Gasteiger partial charge in [0.05, 0.1) is 7.11 Å². The van der Waals surface area contributed by atoms with Gasteiger partial charge >= 0.3 is 0 Å². The lowest BCUT2D eigenvalue weighted by Gasteiger charge is -2.16. The molecular formula is C16H27NO. The van der Waals surface area contributed by atoms with Crippen LogP contribution in [0.25, 0.3) is 0 Å². The van der Waals surface area contributed by atoms with Gasteiger partial charge in [-0.05, 0) is 43.5 Å². The summed E-state index contributed by atoms with van der Waals surface area (Å²) >= 11 is 0. The van der Waals surface area contributed by atoms with Crippen LogP contribution in [0.4, 0.5) is 0 Å². The first-order valence-electron chi connectivity index (χ1n) is 7.16. The van der Waals surface area contributed by atoms with Crippen molar-refractivity contribution in [3.05, 3.63) is 29.8 Å².